The van der Waals surface area contributed by atoms with E-state index >= 15 is 0 Å². The van der Waals surface area contributed by atoms with Crippen LogP contribution < -0.4 is 10.6 Å². The molecule has 2 N–H and O–H groups in total. The summed E-state index contributed by atoms with van der Waals surface area (Å²) >= 11 is 0. The summed E-state index contributed by atoms with van der Waals surface area (Å²) in [6.45, 7) is 0. The average Bonchev–Trinajstić information content (AvgIpc) is 3.47. The minimum Gasteiger partial charge on any atom is -0.326 e. The highest BCUT2D eigenvalue weighted by molar-refractivity contribution is 6.05. The van der Waals surface area contributed by atoms with E-state index in [9.17, 15) is 22.8 Å². The third-order valence-corrected chi connectivity index (χ3v) is 4.07. The molecule has 0 spiro atoms. The highest BCUT2D eigenvalue weighted by Gasteiger charge is 2.35. The molecular weight excluding hydrogens is 359 g/mol. The Morgan fingerprint density at radius 2 is 1.70 bits per heavy atom. The lowest BCUT2D eigenvalue weighted by Crippen LogP contribution is -2.18. The predicted molar refractivity (Wildman–Crippen MR) is 91.9 cm³/mol. The Morgan fingerprint density at radius 3 is 2.26 bits per heavy atom. The molecule has 2 aromatic rings. The molecule has 2 aromatic carbocycles. The zero-order valence-corrected chi connectivity index (χ0v) is 13.9. The van der Waals surface area contributed by atoms with Gasteiger partial charge in [0.05, 0.1) is 22.9 Å². The molecule has 1 aliphatic carbocycles. The van der Waals surface area contributed by atoms with E-state index in [0.29, 0.717) is 5.56 Å². The number of carbonyl (C=O) groups is 2. The second-order valence-corrected chi connectivity index (χ2v) is 6.16. The van der Waals surface area contributed by atoms with Gasteiger partial charge in [-0.25, -0.2) is 0 Å². The molecule has 1 aliphatic rings. The van der Waals surface area contributed by atoms with Gasteiger partial charge in [-0.05, 0) is 55.3 Å². The molecule has 8 heteroatoms. The quantitative estimate of drug-likeness (QED) is 0.844. The maximum atomic E-state index is 13.4. The average molecular weight is 373 g/mol. The molecule has 5 nitrogen and oxygen atoms in total. The lowest BCUT2D eigenvalue weighted by molar-refractivity contribution is -0.137. The molecule has 0 saturated heterocycles. The van der Waals surface area contributed by atoms with Gasteiger partial charge in [-0.1, -0.05) is 0 Å². The molecule has 0 aromatic heterocycles. The molecule has 3 rings (SSSR count). The first-order valence-electron chi connectivity index (χ1n) is 8.11. The number of halogens is 3. The molecule has 0 bridgehead atoms. The van der Waals surface area contributed by atoms with Crippen LogP contribution in [0.4, 0.5) is 24.5 Å². The van der Waals surface area contributed by atoms with Crippen molar-refractivity contribution in [1.82, 2.24) is 0 Å². The minimum absolute atomic E-state index is 0.0237. The van der Waals surface area contributed by atoms with Crippen molar-refractivity contribution in [1.29, 1.82) is 5.26 Å². The van der Waals surface area contributed by atoms with Gasteiger partial charge < -0.3 is 10.6 Å². The van der Waals surface area contributed by atoms with Crippen LogP contribution in [0.3, 0.4) is 0 Å². The number of hydrogen-bond acceptors (Lipinski definition) is 3. The normalized spacial score (nSPS) is 13.6. The molecule has 0 aliphatic heterocycles. The van der Waals surface area contributed by atoms with Gasteiger partial charge in [-0.3, -0.25) is 9.59 Å². The second-order valence-electron chi connectivity index (χ2n) is 6.16. The van der Waals surface area contributed by atoms with Gasteiger partial charge >= 0.3 is 6.18 Å². The summed E-state index contributed by atoms with van der Waals surface area (Å²) in [5, 5.41) is 13.4. The maximum absolute atomic E-state index is 13.4. The third kappa shape index (κ3) is 4.44. The van der Waals surface area contributed by atoms with Gasteiger partial charge in [0.15, 0.2) is 0 Å². The summed E-state index contributed by atoms with van der Waals surface area (Å²) < 4.78 is 40.2. The van der Waals surface area contributed by atoms with Crippen molar-refractivity contribution in [3.05, 3.63) is 59.2 Å². The van der Waals surface area contributed by atoms with E-state index in [1.165, 1.54) is 30.3 Å². The van der Waals surface area contributed by atoms with Crippen molar-refractivity contribution in [2.45, 2.75) is 19.0 Å². The van der Waals surface area contributed by atoms with E-state index < -0.39 is 23.3 Å². The van der Waals surface area contributed by atoms with E-state index in [1.54, 1.807) is 0 Å². The number of carbonyl (C=O) groups excluding carboxylic acids is 2. The number of nitriles is 1. The molecule has 0 unspecified atom stereocenters. The number of hydrogen-bond donors (Lipinski definition) is 2. The first-order chi connectivity index (χ1) is 12.8. The zero-order valence-electron chi connectivity index (χ0n) is 13.9. The highest BCUT2D eigenvalue weighted by Crippen LogP contribution is 2.37. The van der Waals surface area contributed by atoms with Crippen LogP contribution in [0.5, 0.6) is 0 Å². The topological polar surface area (TPSA) is 82.0 Å². The molecule has 0 atom stereocenters. The van der Waals surface area contributed by atoms with Crippen molar-refractivity contribution >= 4 is 23.2 Å². The number of amides is 2. The van der Waals surface area contributed by atoms with Crippen LogP contribution in [0.15, 0.2) is 42.5 Å². The third-order valence-electron chi connectivity index (χ3n) is 4.07. The fraction of sp³-hybridized carbons (Fsp3) is 0.211. The second kappa shape index (κ2) is 7.11. The molecule has 2 amide bonds. The standard InChI is InChI=1S/C19H14F3N3O2/c20-19(21,22)15-9-14(24-17(26)13-5-6-13)7-8-16(15)25-18(27)12-3-1-11(10-23)2-4-12/h1-4,7-9,13H,5-6H2,(H,24,26)(H,25,27). The Labute approximate surface area is 152 Å². The van der Waals surface area contributed by atoms with Crippen LogP contribution in [-0.2, 0) is 11.0 Å². The van der Waals surface area contributed by atoms with Crippen LogP contribution in [0, 0.1) is 17.2 Å². The highest BCUT2D eigenvalue weighted by atomic mass is 19.4. The van der Waals surface area contributed by atoms with E-state index in [2.05, 4.69) is 10.6 Å². The number of benzene rings is 2. The Hall–Kier alpha value is -3.34. The largest absolute Gasteiger partial charge is 0.418 e. The molecular formula is C19H14F3N3O2. The van der Waals surface area contributed by atoms with Crippen LogP contribution in [-0.4, -0.2) is 11.8 Å². The Balaban J connectivity index is 1.83. The smallest absolute Gasteiger partial charge is 0.326 e. The van der Waals surface area contributed by atoms with Crippen LogP contribution in [0.25, 0.3) is 0 Å². The summed E-state index contributed by atoms with van der Waals surface area (Å²) in [6.07, 6.45) is -3.25. The first kappa shape index (κ1) is 18.5. The van der Waals surface area contributed by atoms with Gasteiger partial charge in [-0.15, -0.1) is 0 Å². The Bertz CT molecular complexity index is 927. The fourth-order valence-corrected chi connectivity index (χ4v) is 2.45. The minimum atomic E-state index is -4.71. The zero-order chi connectivity index (χ0) is 19.6. The lowest BCUT2D eigenvalue weighted by atomic mass is 10.1. The molecule has 138 valence electrons. The van der Waals surface area contributed by atoms with E-state index in [1.807, 2.05) is 6.07 Å². The van der Waals surface area contributed by atoms with Gasteiger partial charge in [0.2, 0.25) is 5.91 Å². The van der Waals surface area contributed by atoms with Crippen molar-refractivity contribution in [3.8, 4) is 6.07 Å². The van der Waals surface area contributed by atoms with Crippen molar-refractivity contribution in [3.63, 3.8) is 0 Å². The van der Waals surface area contributed by atoms with Gasteiger partial charge in [0.25, 0.3) is 5.91 Å². The summed E-state index contributed by atoms with van der Waals surface area (Å²) in [5.41, 5.74) is -0.999. The molecule has 0 radical (unpaired) electrons. The first-order valence-corrected chi connectivity index (χ1v) is 8.11. The number of nitrogens with zero attached hydrogens (tertiary/aromatic N) is 1. The maximum Gasteiger partial charge on any atom is 0.418 e. The summed E-state index contributed by atoms with van der Waals surface area (Å²) in [6, 6.07) is 10.6. The van der Waals surface area contributed by atoms with E-state index in [-0.39, 0.29) is 23.1 Å². The molecule has 27 heavy (non-hydrogen) atoms. The molecule has 1 saturated carbocycles. The van der Waals surface area contributed by atoms with Gasteiger partial charge in [-0.2, -0.15) is 18.4 Å². The fourth-order valence-electron chi connectivity index (χ4n) is 2.45. The van der Waals surface area contributed by atoms with E-state index in [0.717, 1.165) is 25.0 Å². The number of anilines is 2. The van der Waals surface area contributed by atoms with Crippen molar-refractivity contribution < 1.29 is 22.8 Å². The van der Waals surface area contributed by atoms with Crippen molar-refractivity contribution in [2.75, 3.05) is 10.6 Å². The van der Waals surface area contributed by atoms with E-state index in [4.69, 9.17) is 5.26 Å². The Kier molecular flexibility index (Phi) is 4.86. The predicted octanol–water partition coefficient (Wildman–Crippen LogP) is 4.18. The summed E-state index contributed by atoms with van der Waals surface area (Å²) in [7, 11) is 0. The molecule has 1 fully saturated rings. The SMILES string of the molecule is N#Cc1ccc(C(=O)Nc2ccc(NC(=O)C3CC3)cc2C(F)(F)F)cc1. The van der Waals surface area contributed by atoms with Crippen LogP contribution >= 0.6 is 0 Å². The Morgan fingerprint density at radius 1 is 1.04 bits per heavy atom. The number of alkyl halides is 3. The number of nitrogens with one attached hydrogen (secondary N) is 2. The lowest BCUT2D eigenvalue weighted by Gasteiger charge is -2.16. The van der Waals surface area contributed by atoms with Crippen LogP contribution in [0.1, 0.15) is 34.3 Å². The van der Waals surface area contributed by atoms with Crippen LogP contribution in [0.2, 0.25) is 0 Å². The summed E-state index contributed by atoms with van der Waals surface area (Å²) in [5.74, 6) is -1.19. The number of rotatable bonds is 4. The molecule has 0 heterocycles. The van der Waals surface area contributed by atoms with Gasteiger partial charge in [0, 0.05) is 17.2 Å². The van der Waals surface area contributed by atoms with Crippen molar-refractivity contribution in [2.24, 2.45) is 5.92 Å². The van der Waals surface area contributed by atoms with Gasteiger partial charge in [0.1, 0.15) is 0 Å². The summed E-state index contributed by atoms with van der Waals surface area (Å²) in [4.78, 5) is 24.0. The monoisotopic (exact) mass is 373 g/mol.